The van der Waals surface area contributed by atoms with E-state index in [9.17, 15) is 14.4 Å². The number of carbonyl (C=O) groups is 2. The number of aromatic nitrogens is 2. The van der Waals surface area contributed by atoms with Crippen LogP contribution in [0.25, 0.3) is 0 Å². The minimum atomic E-state index is -0.713. The van der Waals surface area contributed by atoms with Crippen LogP contribution in [0.1, 0.15) is 29.9 Å². The van der Waals surface area contributed by atoms with Crippen LogP contribution >= 0.6 is 0 Å². The first-order valence-electron chi connectivity index (χ1n) is 8.33. The molecule has 1 aromatic carbocycles. The molecule has 2 aromatic rings. The molecule has 0 bridgehead atoms. The maximum absolute atomic E-state index is 12.1. The summed E-state index contributed by atoms with van der Waals surface area (Å²) in [5, 5.41) is 0. The molecule has 0 radical (unpaired) electrons. The van der Waals surface area contributed by atoms with Gasteiger partial charge in [-0.05, 0) is 18.2 Å². The van der Waals surface area contributed by atoms with Crippen molar-refractivity contribution in [2.24, 2.45) is 0 Å². The van der Waals surface area contributed by atoms with Crippen LogP contribution in [0.3, 0.4) is 0 Å². The number of carbonyl (C=O) groups excluding carboxylic acids is 2. The van der Waals surface area contributed by atoms with E-state index < -0.39 is 36.1 Å². The van der Waals surface area contributed by atoms with Gasteiger partial charge in [0.25, 0.3) is 0 Å². The van der Waals surface area contributed by atoms with Crippen LogP contribution < -0.4 is 11.4 Å². The predicted octanol–water partition coefficient (Wildman–Crippen LogP) is 0.902. The first-order chi connectivity index (χ1) is 12.9. The number of rotatable bonds is 5. The maximum Gasteiger partial charge on any atom is 0.351 e. The fraction of sp³-hybridized carbons (Fsp3) is 0.333. The highest BCUT2D eigenvalue weighted by atomic mass is 16.6. The molecule has 0 amide bonds. The number of nitrogens with zero attached hydrogens (tertiary/aromatic N) is 2. The highest BCUT2D eigenvalue weighted by molar-refractivity contribution is 5.89. The topological polar surface area (TPSA) is 123 Å². The number of benzene rings is 1. The van der Waals surface area contributed by atoms with E-state index in [1.165, 1.54) is 23.8 Å². The Morgan fingerprint density at radius 1 is 1.30 bits per heavy atom. The quantitative estimate of drug-likeness (QED) is 0.767. The highest BCUT2D eigenvalue weighted by Crippen LogP contribution is 2.30. The number of anilines is 1. The average Bonchev–Trinajstić information content (AvgIpc) is 3.02. The average molecular weight is 373 g/mol. The molecule has 1 fully saturated rings. The molecular weight excluding hydrogens is 354 g/mol. The molecule has 1 saturated heterocycles. The number of nitrogens with two attached hydrogens (primary N) is 1. The lowest BCUT2D eigenvalue weighted by atomic mass is 10.2. The van der Waals surface area contributed by atoms with E-state index in [1.54, 1.807) is 30.3 Å². The predicted molar refractivity (Wildman–Crippen MR) is 93.7 cm³/mol. The Kier molecular flexibility index (Phi) is 5.51. The largest absolute Gasteiger partial charge is 0.459 e. The molecule has 3 rings (SSSR count). The third-order valence-corrected chi connectivity index (χ3v) is 4.05. The third kappa shape index (κ3) is 4.50. The minimum absolute atomic E-state index is 0.0964. The van der Waals surface area contributed by atoms with Gasteiger partial charge < -0.3 is 19.9 Å². The third-order valence-electron chi connectivity index (χ3n) is 4.05. The molecule has 2 heterocycles. The van der Waals surface area contributed by atoms with Gasteiger partial charge in [0.2, 0.25) is 0 Å². The zero-order chi connectivity index (χ0) is 19.4. The van der Waals surface area contributed by atoms with Crippen LogP contribution in [0.2, 0.25) is 0 Å². The van der Waals surface area contributed by atoms with Crippen molar-refractivity contribution in [1.29, 1.82) is 0 Å². The number of hydrogen-bond donors (Lipinski definition) is 1. The lowest BCUT2D eigenvalue weighted by Gasteiger charge is -2.18. The molecule has 0 spiro atoms. The number of esters is 2. The van der Waals surface area contributed by atoms with Crippen molar-refractivity contribution in [3.05, 3.63) is 58.6 Å². The molecule has 1 aliphatic rings. The highest BCUT2D eigenvalue weighted by Gasteiger charge is 2.39. The first-order valence-corrected chi connectivity index (χ1v) is 8.33. The van der Waals surface area contributed by atoms with E-state index in [2.05, 4.69) is 4.98 Å². The fourth-order valence-electron chi connectivity index (χ4n) is 2.82. The number of hydrogen-bond acceptors (Lipinski definition) is 8. The van der Waals surface area contributed by atoms with Gasteiger partial charge in [-0.1, -0.05) is 18.2 Å². The first kappa shape index (κ1) is 18.6. The van der Waals surface area contributed by atoms with Crippen molar-refractivity contribution < 1.29 is 23.8 Å². The van der Waals surface area contributed by atoms with Crippen molar-refractivity contribution in [3.63, 3.8) is 0 Å². The Bertz CT molecular complexity index is 882. The number of ether oxygens (including phenoxy) is 3. The van der Waals surface area contributed by atoms with Gasteiger partial charge in [-0.3, -0.25) is 9.36 Å². The summed E-state index contributed by atoms with van der Waals surface area (Å²) in [5.74, 6) is -0.916. The summed E-state index contributed by atoms with van der Waals surface area (Å²) in [6.45, 7) is 1.15. The SMILES string of the molecule is CC(=O)O[C@H]1C[C@@H](n2ccc(N)nc2=O)O[C@@H]1COC(=O)c1ccccc1. The lowest BCUT2D eigenvalue weighted by molar-refractivity contribution is -0.150. The molecule has 27 heavy (non-hydrogen) atoms. The number of nitrogen functional groups attached to an aromatic ring is 1. The molecule has 1 aliphatic heterocycles. The zero-order valence-electron chi connectivity index (χ0n) is 14.6. The Balaban J connectivity index is 1.71. The Morgan fingerprint density at radius 3 is 2.70 bits per heavy atom. The van der Waals surface area contributed by atoms with Crippen molar-refractivity contribution >= 4 is 17.8 Å². The molecule has 1 aromatic heterocycles. The van der Waals surface area contributed by atoms with E-state index in [1.807, 2.05) is 0 Å². The Labute approximate surface area is 154 Å². The second-order valence-electron chi connectivity index (χ2n) is 6.02. The van der Waals surface area contributed by atoms with E-state index in [4.69, 9.17) is 19.9 Å². The summed E-state index contributed by atoms with van der Waals surface area (Å²) in [5.41, 5.74) is 5.31. The lowest BCUT2D eigenvalue weighted by Crippen LogP contribution is -2.31. The van der Waals surface area contributed by atoms with Gasteiger partial charge in [-0.2, -0.15) is 4.98 Å². The van der Waals surface area contributed by atoms with Gasteiger partial charge in [-0.25, -0.2) is 9.59 Å². The van der Waals surface area contributed by atoms with Gasteiger partial charge in [0.1, 0.15) is 30.9 Å². The summed E-state index contributed by atoms with van der Waals surface area (Å²) in [6, 6.07) is 9.96. The zero-order valence-corrected chi connectivity index (χ0v) is 14.6. The van der Waals surface area contributed by atoms with Gasteiger partial charge >= 0.3 is 17.6 Å². The monoisotopic (exact) mass is 373 g/mol. The minimum Gasteiger partial charge on any atom is -0.459 e. The van der Waals surface area contributed by atoms with Crippen molar-refractivity contribution in [2.45, 2.75) is 31.8 Å². The van der Waals surface area contributed by atoms with Crippen molar-refractivity contribution in [1.82, 2.24) is 9.55 Å². The molecule has 142 valence electrons. The standard InChI is InChI=1S/C18H19N3O6/c1-11(22)26-13-9-16(21-8-7-15(19)20-18(21)24)27-14(13)10-25-17(23)12-5-3-2-4-6-12/h2-8,13-14,16H,9-10H2,1H3,(H2,19,20,24)/t13-,14+,16-/m0/s1. The molecular formula is C18H19N3O6. The van der Waals surface area contributed by atoms with Crippen LogP contribution in [-0.2, 0) is 19.0 Å². The van der Waals surface area contributed by atoms with E-state index in [-0.39, 0.29) is 18.8 Å². The van der Waals surface area contributed by atoms with Gasteiger partial charge in [0.15, 0.2) is 0 Å². The normalized spacial score (nSPS) is 21.6. The smallest absolute Gasteiger partial charge is 0.351 e. The van der Waals surface area contributed by atoms with E-state index in [0.717, 1.165) is 0 Å². The van der Waals surface area contributed by atoms with Crippen LogP contribution in [0.15, 0.2) is 47.4 Å². The van der Waals surface area contributed by atoms with Crippen LogP contribution in [-0.4, -0.2) is 40.3 Å². The van der Waals surface area contributed by atoms with Crippen molar-refractivity contribution in [2.75, 3.05) is 12.3 Å². The van der Waals surface area contributed by atoms with Crippen LogP contribution in [0.4, 0.5) is 5.82 Å². The Morgan fingerprint density at radius 2 is 2.04 bits per heavy atom. The van der Waals surface area contributed by atoms with Gasteiger partial charge in [0, 0.05) is 19.5 Å². The van der Waals surface area contributed by atoms with Crippen LogP contribution in [0, 0.1) is 0 Å². The van der Waals surface area contributed by atoms with Crippen molar-refractivity contribution in [3.8, 4) is 0 Å². The summed E-state index contributed by atoms with van der Waals surface area (Å²) in [6.07, 6.45) is -0.413. The summed E-state index contributed by atoms with van der Waals surface area (Å²) in [7, 11) is 0. The molecule has 3 atom stereocenters. The Hall–Kier alpha value is -3.20. The maximum atomic E-state index is 12.1. The summed E-state index contributed by atoms with van der Waals surface area (Å²) in [4.78, 5) is 39.2. The summed E-state index contributed by atoms with van der Waals surface area (Å²) < 4.78 is 17.6. The molecule has 0 aliphatic carbocycles. The molecule has 9 heteroatoms. The van der Waals surface area contributed by atoms with Gasteiger partial charge in [-0.15, -0.1) is 0 Å². The van der Waals surface area contributed by atoms with Gasteiger partial charge in [0.05, 0.1) is 5.56 Å². The van der Waals surface area contributed by atoms with E-state index >= 15 is 0 Å². The molecule has 2 N–H and O–H groups in total. The molecule has 0 saturated carbocycles. The summed E-state index contributed by atoms with van der Waals surface area (Å²) >= 11 is 0. The molecule has 0 unspecified atom stereocenters. The second kappa shape index (κ2) is 8.00. The van der Waals surface area contributed by atoms with Crippen LogP contribution in [0.5, 0.6) is 0 Å². The second-order valence-corrected chi connectivity index (χ2v) is 6.02. The molecule has 9 nitrogen and oxygen atoms in total. The van der Waals surface area contributed by atoms with E-state index in [0.29, 0.717) is 5.56 Å². The fourth-order valence-corrected chi connectivity index (χ4v) is 2.82.